The molecule has 3 rings (SSSR count). The van der Waals surface area contributed by atoms with Crippen molar-refractivity contribution in [2.45, 2.75) is 52.2 Å². The minimum Gasteiger partial charge on any atom is -0.490 e. The summed E-state index contributed by atoms with van der Waals surface area (Å²) in [5.41, 5.74) is 1.62. The van der Waals surface area contributed by atoms with Crippen LogP contribution in [0.2, 0.25) is 10.0 Å². The minimum atomic E-state index is -0.339. The van der Waals surface area contributed by atoms with E-state index in [0.717, 1.165) is 24.8 Å². The predicted molar refractivity (Wildman–Crippen MR) is 132 cm³/mol. The molecule has 0 saturated heterocycles. The van der Waals surface area contributed by atoms with Crippen molar-refractivity contribution in [1.29, 1.82) is 5.26 Å². The van der Waals surface area contributed by atoms with E-state index in [0.29, 0.717) is 39.6 Å². The number of nitriles is 1. The number of nitrogens with one attached hydrogen (secondary N) is 1. The molecule has 2 atom stereocenters. The van der Waals surface area contributed by atoms with Gasteiger partial charge in [0.25, 0.3) is 5.91 Å². The molecule has 0 spiro atoms. The molecule has 2 aromatic rings. The van der Waals surface area contributed by atoms with E-state index in [2.05, 4.69) is 12.2 Å². The van der Waals surface area contributed by atoms with E-state index in [4.69, 9.17) is 32.7 Å². The fraction of sp³-hybridized carbons (Fsp3) is 0.385. The number of halogens is 2. The van der Waals surface area contributed by atoms with Crippen LogP contribution in [0.15, 0.2) is 42.0 Å². The summed E-state index contributed by atoms with van der Waals surface area (Å²) in [4.78, 5) is 12.7. The molecule has 1 N–H and O–H groups in total. The Morgan fingerprint density at radius 3 is 2.61 bits per heavy atom. The lowest BCUT2D eigenvalue weighted by Gasteiger charge is -2.29. The number of benzene rings is 2. The van der Waals surface area contributed by atoms with Crippen LogP contribution < -0.4 is 14.8 Å². The van der Waals surface area contributed by atoms with Crippen LogP contribution in [0.25, 0.3) is 6.08 Å². The molecule has 33 heavy (non-hydrogen) atoms. The summed E-state index contributed by atoms with van der Waals surface area (Å²) < 4.78 is 11.7. The zero-order valence-corrected chi connectivity index (χ0v) is 20.4. The maximum absolute atomic E-state index is 12.7. The number of ether oxygens (including phenoxy) is 2. The van der Waals surface area contributed by atoms with E-state index in [1.54, 1.807) is 36.4 Å². The van der Waals surface area contributed by atoms with E-state index in [9.17, 15) is 10.1 Å². The number of amides is 1. The maximum atomic E-state index is 12.7. The van der Waals surface area contributed by atoms with Crippen molar-refractivity contribution in [3.63, 3.8) is 0 Å². The second-order valence-electron chi connectivity index (χ2n) is 8.19. The van der Waals surface area contributed by atoms with E-state index in [1.807, 2.05) is 19.1 Å². The Hall–Kier alpha value is -2.68. The smallest absolute Gasteiger partial charge is 0.262 e. The van der Waals surface area contributed by atoms with Gasteiger partial charge in [0, 0.05) is 6.04 Å². The van der Waals surface area contributed by atoms with Crippen LogP contribution in [0.4, 0.5) is 0 Å². The largest absolute Gasteiger partial charge is 0.490 e. The molecule has 1 fully saturated rings. The molecule has 2 aromatic carbocycles. The Labute approximate surface area is 205 Å². The first-order valence-electron chi connectivity index (χ1n) is 11.2. The lowest BCUT2D eigenvalue weighted by molar-refractivity contribution is -0.118. The topological polar surface area (TPSA) is 71.3 Å². The van der Waals surface area contributed by atoms with E-state index in [1.165, 1.54) is 6.42 Å². The summed E-state index contributed by atoms with van der Waals surface area (Å²) in [5, 5.41) is 13.6. The molecule has 0 aromatic heterocycles. The van der Waals surface area contributed by atoms with Crippen LogP contribution in [0, 0.1) is 17.2 Å². The van der Waals surface area contributed by atoms with Gasteiger partial charge < -0.3 is 14.8 Å². The summed E-state index contributed by atoms with van der Waals surface area (Å²) in [6, 6.07) is 12.8. The maximum Gasteiger partial charge on any atom is 0.262 e. The Morgan fingerprint density at radius 1 is 1.12 bits per heavy atom. The fourth-order valence-electron chi connectivity index (χ4n) is 3.88. The average molecular weight is 487 g/mol. The first-order chi connectivity index (χ1) is 15.9. The van der Waals surface area contributed by atoms with Crippen LogP contribution in [0.3, 0.4) is 0 Å². The third-order valence-electron chi connectivity index (χ3n) is 5.75. The fourth-order valence-corrected chi connectivity index (χ4v) is 4.21. The van der Waals surface area contributed by atoms with Crippen molar-refractivity contribution in [3.8, 4) is 17.6 Å². The number of nitrogens with zero attached hydrogens (tertiary/aromatic N) is 1. The van der Waals surface area contributed by atoms with Gasteiger partial charge in [-0.3, -0.25) is 4.79 Å². The summed E-state index contributed by atoms with van der Waals surface area (Å²) in [6.45, 7) is 4.76. The molecular weight excluding hydrogens is 459 g/mol. The van der Waals surface area contributed by atoms with E-state index < -0.39 is 0 Å². The Morgan fingerprint density at radius 2 is 1.91 bits per heavy atom. The zero-order valence-electron chi connectivity index (χ0n) is 18.9. The second kappa shape index (κ2) is 12.0. The highest BCUT2D eigenvalue weighted by atomic mass is 35.5. The van der Waals surface area contributed by atoms with Gasteiger partial charge in [0.1, 0.15) is 18.2 Å². The summed E-state index contributed by atoms with van der Waals surface area (Å²) in [6.07, 6.45) is 5.91. The van der Waals surface area contributed by atoms with Crippen molar-refractivity contribution in [2.24, 2.45) is 5.92 Å². The predicted octanol–water partition coefficient (Wildman–Crippen LogP) is 6.57. The highest BCUT2D eigenvalue weighted by molar-refractivity contribution is 6.42. The Bertz CT molecular complexity index is 1060. The van der Waals surface area contributed by atoms with Crippen LogP contribution in [0.5, 0.6) is 11.5 Å². The molecule has 1 saturated carbocycles. The molecule has 0 unspecified atom stereocenters. The van der Waals surface area contributed by atoms with Crippen LogP contribution in [-0.4, -0.2) is 18.6 Å². The van der Waals surface area contributed by atoms with Gasteiger partial charge in [0.15, 0.2) is 11.5 Å². The number of carbonyl (C=O) groups is 1. The van der Waals surface area contributed by atoms with Crippen molar-refractivity contribution < 1.29 is 14.3 Å². The van der Waals surface area contributed by atoms with Gasteiger partial charge in [-0.15, -0.1) is 0 Å². The van der Waals surface area contributed by atoms with Gasteiger partial charge in [-0.1, -0.05) is 55.1 Å². The molecule has 7 heteroatoms. The minimum absolute atomic E-state index is 0.0692. The third kappa shape index (κ3) is 6.90. The Kier molecular flexibility index (Phi) is 9.05. The van der Waals surface area contributed by atoms with Gasteiger partial charge in [-0.2, -0.15) is 5.26 Å². The lowest BCUT2D eigenvalue weighted by atomic mass is 9.86. The SMILES string of the molecule is CCOc1cc(/C=C(\C#N)C(=O)N[C@@H]2CCCC[C@@H]2C)ccc1OCc1ccc(Cl)c(Cl)c1. The summed E-state index contributed by atoms with van der Waals surface area (Å²) in [7, 11) is 0. The van der Waals surface area contributed by atoms with Crippen LogP contribution in [-0.2, 0) is 11.4 Å². The zero-order chi connectivity index (χ0) is 23.8. The van der Waals surface area contributed by atoms with Crippen LogP contribution >= 0.6 is 23.2 Å². The highest BCUT2D eigenvalue weighted by Crippen LogP contribution is 2.31. The van der Waals surface area contributed by atoms with Crippen molar-refractivity contribution in [3.05, 3.63) is 63.1 Å². The molecule has 1 aliphatic carbocycles. The number of carbonyl (C=O) groups excluding carboxylic acids is 1. The van der Waals surface area contributed by atoms with E-state index >= 15 is 0 Å². The molecular formula is C26H28Cl2N2O3. The number of hydrogen-bond donors (Lipinski definition) is 1. The van der Waals surface area contributed by atoms with Gasteiger partial charge >= 0.3 is 0 Å². The van der Waals surface area contributed by atoms with Crippen molar-refractivity contribution in [1.82, 2.24) is 5.32 Å². The number of rotatable bonds is 8. The lowest BCUT2D eigenvalue weighted by Crippen LogP contribution is -2.41. The summed E-state index contributed by atoms with van der Waals surface area (Å²) >= 11 is 12.0. The van der Waals surface area contributed by atoms with Gasteiger partial charge in [0.2, 0.25) is 0 Å². The molecule has 0 bridgehead atoms. The van der Waals surface area contributed by atoms with Gasteiger partial charge in [0.05, 0.1) is 16.7 Å². The highest BCUT2D eigenvalue weighted by Gasteiger charge is 2.24. The standard InChI is InChI=1S/C26H28Cl2N2O3/c1-3-32-25-14-18(9-11-24(25)33-16-19-8-10-21(27)22(28)13-19)12-20(15-29)26(31)30-23-7-5-4-6-17(23)2/h8-14,17,23H,3-7,16H2,1-2H3,(H,30,31)/b20-12+/t17-,23+/m0/s1. The molecule has 5 nitrogen and oxygen atoms in total. The first kappa shape index (κ1) is 25.0. The quantitative estimate of drug-likeness (QED) is 0.338. The Balaban J connectivity index is 1.74. The van der Waals surface area contributed by atoms with Crippen molar-refractivity contribution in [2.75, 3.05) is 6.61 Å². The van der Waals surface area contributed by atoms with Gasteiger partial charge in [-0.05, 0) is 67.2 Å². The normalized spacial score (nSPS) is 18.3. The van der Waals surface area contributed by atoms with Crippen molar-refractivity contribution >= 4 is 35.2 Å². The summed E-state index contributed by atoms with van der Waals surface area (Å²) in [5.74, 6) is 1.16. The first-order valence-corrected chi connectivity index (χ1v) is 11.9. The molecule has 1 aliphatic rings. The number of hydrogen-bond acceptors (Lipinski definition) is 4. The molecule has 1 amide bonds. The second-order valence-corrected chi connectivity index (χ2v) is 9.00. The molecule has 0 aliphatic heterocycles. The van der Waals surface area contributed by atoms with E-state index in [-0.39, 0.29) is 24.1 Å². The third-order valence-corrected chi connectivity index (χ3v) is 6.49. The van der Waals surface area contributed by atoms with Crippen LogP contribution in [0.1, 0.15) is 50.7 Å². The average Bonchev–Trinajstić information content (AvgIpc) is 2.80. The van der Waals surface area contributed by atoms with Gasteiger partial charge in [-0.25, -0.2) is 0 Å². The monoisotopic (exact) mass is 486 g/mol. The molecule has 174 valence electrons. The molecule has 0 heterocycles. The molecule has 0 radical (unpaired) electrons.